The highest BCUT2D eigenvalue weighted by molar-refractivity contribution is 5.82. The highest BCUT2D eigenvalue weighted by atomic mass is 16.5. The van der Waals surface area contributed by atoms with Crippen LogP contribution in [0.3, 0.4) is 0 Å². The second-order valence-corrected chi connectivity index (χ2v) is 5.49. The number of carbonyl (C=O) groups is 1. The molecule has 1 aromatic carbocycles. The molecule has 0 unspecified atom stereocenters. The zero-order valence-corrected chi connectivity index (χ0v) is 14.1. The SMILES string of the molecule is CCCCCCCCOC(=O)C=CN(C)c1ccccc1C#N. The van der Waals surface area contributed by atoms with Crippen molar-refractivity contribution in [2.45, 2.75) is 45.4 Å². The molecule has 0 saturated carbocycles. The minimum Gasteiger partial charge on any atom is -0.462 e. The molecule has 0 N–H and O–H groups in total. The number of nitrogens with zero attached hydrogens (tertiary/aromatic N) is 2. The van der Waals surface area contributed by atoms with Gasteiger partial charge in [-0.3, -0.25) is 0 Å². The number of hydrogen-bond acceptors (Lipinski definition) is 4. The van der Waals surface area contributed by atoms with Crippen molar-refractivity contribution in [3.63, 3.8) is 0 Å². The van der Waals surface area contributed by atoms with Gasteiger partial charge < -0.3 is 9.64 Å². The van der Waals surface area contributed by atoms with Crippen LogP contribution in [0.4, 0.5) is 5.69 Å². The number of hydrogen-bond donors (Lipinski definition) is 0. The summed E-state index contributed by atoms with van der Waals surface area (Å²) < 4.78 is 5.17. The molecule has 0 aliphatic rings. The maximum atomic E-state index is 11.7. The molecular weight excluding hydrogens is 288 g/mol. The number of esters is 1. The second-order valence-electron chi connectivity index (χ2n) is 5.49. The van der Waals surface area contributed by atoms with E-state index >= 15 is 0 Å². The van der Waals surface area contributed by atoms with E-state index in [1.165, 1.54) is 31.8 Å². The van der Waals surface area contributed by atoms with Gasteiger partial charge in [0.15, 0.2) is 0 Å². The van der Waals surface area contributed by atoms with Crippen molar-refractivity contribution < 1.29 is 9.53 Å². The first-order chi connectivity index (χ1) is 11.2. The van der Waals surface area contributed by atoms with Gasteiger partial charge in [-0.05, 0) is 18.6 Å². The van der Waals surface area contributed by atoms with Crippen LogP contribution in [0, 0.1) is 11.3 Å². The fourth-order valence-electron chi connectivity index (χ4n) is 2.23. The lowest BCUT2D eigenvalue weighted by molar-refractivity contribution is -0.137. The summed E-state index contributed by atoms with van der Waals surface area (Å²) in [6.07, 6.45) is 10.0. The van der Waals surface area contributed by atoms with Gasteiger partial charge >= 0.3 is 5.97 Å². The maximum absolute atomic E-state index is 11.7. The third kappa shape index (κ3) is 7.51. The summed E-state index contributed by atoms with van der Waals surface area (Å²) in [6.45, 7) is 2.66. The lowest BCUT2D eigenvalue weighted by atomic mass is 10.1. The van der Waals surface area contributed by atoms with Crippen molar-refractivity contribution in [3.8, 4) is 6.07 Å². The first kappa shape index (κ1) is 18.8. The fourth-order valence-corrected chi connectivity index (χ4v) is 2.23. The van der Waals surface area contributed by atoms with Crippen LogP contribution in [0.2, 0.25) is 0 Å². The van der Waals surface area contributed by atoms with Gasteiger partial charge in [-0.1, -0.05) is 51.2 Å². The van der Waals surface area contributed by atoms with Gasteiger partial charge in [-0.15, -0.1) is 0 Å². The molecule has 0 spiro atoms. The van der Waals surface area contributed by atoms with E-state index in [9.17, 15) is 4.79 Å². The summed E-state index contributed by atoms with van der Waals surface area (Å²) in [6, 6.07) is 9.39. The summed E-state index contributed by atoms with van der Waals surface area (Å²) >= 11 is 0. The molecule has 0 amide bonds. The minimum absolute atomic E-state index is 0.347. The molecule has 0 heterocycles. The van der Waals surface area contributed by atoms with Crippen LogP contribution >= 0.6 is 0 Å². The van der Waals surface area contributed by atoms with Crippen LogP contribution in [0.1, 0.15) is 51.0 Å². The first-order valence-corrected chi connectivity index (χ1v) is 8.26. The summed E-state index contributed by atoms with van der Waals surface area (Å²) in [5.41, 5.74) is 1.33. The molecule has 124 valence electrons. The third-order valence-electron chi connectivity index (χ3n) is 3.58. The number of para-hydroxylation sites is 1. The molecule has 0 aromatic heterocycles. The number of anilines is 1. The van der Waals surface area contributed by atoms with E-state index in [0.717, 1.165) is 18.5 Å². The zero-order valence-electron chi connectivity index (χ0n) is 14.1. The Hall–Kier alpha value is -2.28. The Bertz CT molecular complexity index is 547. The second kappa shape index (κ2) is 11.3. The van der Waals surface area contributed by atoms with Gasteiger partial charge in [0.25, 0.3) is 0 Å². The summed E-state index contributed by atoms with van der Waals surface area (Å²) in [4.78, 5) is 13.4. The Kier molecular flexibility index (Phi) is 9.23. The van der Waals surface area contributed by atoms with Gasteiger partial charge in [0, 0.05) is 19.3 Å². The molecule has 1 rings (SSSR count). The number of benzene rings is 1. The van der Waals surface area contributed by atoms with Crippen LogP contribution in [0.25, 0.3) is 0 Å². The predicted octanol–water partition coefficient (Wildman–Crippen LogP) is 4.41. The first-order valence-electron chi connectivity index (χ1n) is 8.26. The van der Waals surface area contributed by atoms with Crippen LogP contribution in [-0.4, -0.2) is 19.6 Å². The van der Waals surface area contributed by atoms with Crippen molar-refractivity contribution in [3.05, 3.63) is 42.1 Å². The van der Waals surface area contributed by atoms with E-state index in [0.29, 0.717) is 12.2 Å². The number of nitriles is 1. The number of rotatable bonds is 10. The monoisotopic (exact) mass is 314 g/mol. The smallest absolute Gasteiger partial charge is 0.332 e. The zero-order chi connectivity index (χ0) is 16.9. The Labute approximate surface area is 139 Å². The summed E-state index contributed by atoms with van der Waals surface area (Å²) in [5, 5.41) is 9.07. The number of ether oxygens (including phenoxy) is 1. The molecule has 23 heavy (non-hydrogen) atoms. The fraction of sp³-hybridized carbons (Fsp3) is 0.474. The van der Waals surface area contributed by atoms with Gasteiger partial charge in [-0.25, -0.2) is 4.79 Å². The lowest BCUT2D eigenvalue weighted by Gasteiger charge is -2.15. The topological polar surface area (TPSA) is 53.3 Å². The molecule has 0 fully saturated rings. The van der Waals surface area contributed by atoms with E-state index in [1.807, 2.05) is 18.2 Å². The number of carbonyl (C=O) groups excluding carboxylic acids is 1. The van der Waals surface area contributed by atoms with Crippen LogP contribution in [0.5, 0.6) is 0 Å². The van der Waals surface area contributed by atoms with E-state index < -0.39 is 0 Å². The Morgan fingerprint density at radius 1 is 1.22 bits per heavy atom. The van der Waals surface area contributed by atoms with Gasteiger partial charge in [0.2, 0.25) is 0 Å². The minimum atomic E-state index is -0.347. The van der Waals surface area contributed by atoms with Gasteiger partial charge in [0.1, 0.15) is 6.07 Å². The molecule has 0 saturated heterocycles. The maximum Gasteiger partial charge on any atom is 0.332 e. The standard InChI is InChI=1S/C19H26N2O2/c1-3-4-5-6-7-10-15-23-19(22)13-14-21(2)18-12-9-8-11-17(18)16-20/h8-9,11-14H,3-7,10,15H2,1-2H3. The van der Waals surface area contributed by atoms with Crippen molar-refractivity contribution in [1.82, 2.24) is 0 Å². The van der Waals surface area contributed by atoms with Crippen molar-refractivity contribution in [1.29, 1.82) is 5.26 Å². The molecule has 4 nitrogen and oxygen atoms in total. The molecule has 0 aliphatic carbocycles. The van der Waals surface area contributed by atoms with Crippen LogP contribution < -0.4 is 4.90 Å². The molecule has 0 bridgehead atoms. The van der Waals surface area contributed by atoms with Gasteiger partial charge in [0.05, 0.1) is 17.9 Å². The summed E-state index contributed by atoms with van der Waals surface area (Å²) in [5.74, 6) is -0.347. The van der Waals surface area contributed by atoms with Gasteiger partial charge in [-0.2, -0.15) is 5.26 Å². The van der Waals surface area contributed by atoms with Crippen LogP contribution in [0.15, 0.2) is 36.5 Å². The predicted molar refractivity (Wildman–Crippen MR) is 93.0 cm³/mol. The molecule has 0 radical (unpaired) electrons. The lowest BCUT2D eigenvalue weighted by Crippen LogP contribution is -2.11. The molecule has 0 atom stereocenters. The molecule has 1 aromatic rings. The van der Waals surface area contributed by atoms with Crippen molar-refractivity contribution in [2.75, 3.05) is 18.6 Å². The average Bonchev–Trinajstić information content (AvgIpc) is 2.58. The molecule has 0 aliphatic heterocycles. The summed E-state index contributed by atoms with van der Waals surface area (Å²) in [7, 11) is 1.80. The van der Waals surface area contributed by atoms with E-state index in [2.05, 4.69) is 13.0 Å². The Morgan fingerprint density at radius 3 is 2.65 bits per heavy atom. The number of unbranched alkanes of at least 4 members (excludes halogenated alkanes) is 5. The van der Waals surface area contributed by atoms with E-state index in [1.54, 1.807) is 24.2 Å². The van der Waals surface area contributed by atoms with E-state index in [-0.39, 0.29) is 5.97 Å². The largest absolute Gasteiger partial charge is 0.462 e. The normalized spacial score (nSPS) is 10.5. The highest BCUT2D eigenvalue weighted by Crippen LogP contribution is 2.18. The molecular formula is C19H26N2O2. The quantitative estimate of drug-likeness (QED) is 0.364. The van der Waals surface area contributed by atoms with Crippen molar-refractivity contribution >= 4 is 11.7 Å². The van der Waals surface area contributed by atoms with Crippen LogP contribution in [-0.2, 0) is 9.53 Å². The van der Waals surface area contributed by atoms with Crippen molar-refractivity contribution in [2.24, 2.45) is 0 Å². The molecule has 4 heteroatoms. The Balaban J connectivity index is 2.31. The average molecular weight is 314 g/mol. The van der Waals surface area contributed by atoms with E-state index in [4.69, 9.17) is 10.00 Å². The third-order valence-corrected chi connectivity index (χ3v) is 3.58. The highest BCUT2D eigenvalue weighted by Gasteiger charge is 2.04. The Morgan fingerprint density at radius 2 is 1.91 bits per heavy atom.